The molecular formula is C14H11N. The van der Waals surface area contributed by atoms with E-state index in [0.717, 1.165) is 0 Å². The lowest BCUT2D eigenvalue weighted by Gasteiger charge is -1.97. The largest absolute Gasteiger partial charge is 0.272 e. The molecule has 0 aromatic heterocycles. The van der Waals surface area contributed by atoms with Gasteiger partial charge in [-0.1, -0.05) is 60.7 Å². The zero-order valence-electron chi connectivity index (χ0n) is 8.30. The van der Waals surface area contributed by atoms with Crippen LogP contribution in [0.5, 0.6) is 0 Å². The summed E-state index contributed by atoms with van der Waals surface area (Å²) in [6, 6.07) is 21.1. The molecule has 0 N–H and O–H groups in total. The average Bonchev–Trinajstić information content (AvgIpc) is 3.11. The highest BCUT2D eigenvalue weighted by Crippen LogP contribution is 2.34. The molecular weight excluding hydrogens is 182 g/mol. The summed E-state index contributed by atoms with van der Waals surface area (Å²) < 4.78 is 0. The maximum atomic E-state index is 4.51. The summed E-state index contributed by atoms with van der Waals surface area (Å²) in [5.41, 5.74) is 3.74. The molecule has 0 saturated carbocycles. The maximum absolute atomic E-state index is 4.51. The Labute approximate surface area is 89.1 Å². The molecule has 1 aliphatic rings. The second-order valence-electron chi connectivity index (χ2n) is 3.69. The summed E-state index contributed by atoms with van der Waals surface area (Å²) in [4.78, 5) is 4.51. The lowest BCUT2D eigenvalue weighted by atomic mass is 10.0. The van der Waals surface area contributed by atoms with Crippen LogP contribution in [0.25, 0.3) is 0 Å². The molecule has 0 radical (unpaired) electrons. The molecule has 2 aromatic carbocycles. The third-order valence-corrected chi connectivity index (χ3v) is 2.64. The van der Waals surface area contributed by atoms with E-state index in [1.807, 2.05) is 12.1 Å². The Hall–Kier alpha value is -1.89. The third-order valence-electron chi connectivity index (χ3n) is 2.64. The van der Waals surface area contributed by atoms with Crippen LogP contribution in [0.1, 0.15) is 17.2 Å². The molecule has 1 atom stereocenters. The second kappa shape index (κ2) is 3.35. The van der Waals surface area contributed by atoms with Crippen LogP contribution in [-0.2, 0) is 0 Å². The summed E-state index contributed by atoms with van der Waals surface area (Å²) in [5, 5.41) is 0. The minimum Gasteiger partial charge on any atom is -0.272 e. The van der Waals surface area contributed by atoms with E-state index in [1.54, 1.807) is 0 Å². The summed E-state index contributed by atoms with van der Waals surface area (Å²) in [7, 11) is 0. The standard InChI is InChI=1S/C14H11N/c1-3-7-11(8-4-1)13-14(15-13)12-9-5-2-6-10-12/h1-10,13H/t13-/m1/s1. The summed E-state index contributed by atoms with van der Waals surface area (Å²) >= 11 is 0. The van der Waals surface area contributed by atoms with Crippen molar-refractivity contribution >= 4 is 5.71 Å². The lowest BCUT2D eigenvalue weighted by molar-refractivity contribution is 1.13. The van der Waals surface area contributed by atoms with Crippen molar-refractivity contribution in [3.05, 3.63) is 71.8 Å². The van der Waals surface area contributed by atoms with Crippen LogP contribution in [0.3, 0.4) is 0 Å². The van der Waals surface area contributed by atoms with Gasteiger partial charge in [0.1, 0.15) is 6.04 Å². The van der Waals surface area contributed by atoms with Crippen LogP contribution >= 0.6 is 0 Å². The van der Waals surface area contributed by atoms with Gasteiger partial charge in [-0.25, -0.2) is 0 Å². The van der Waals surface area contributed by atoms with Crippen molar-refractivity contribution in [2.24, 2.45) is 4.99 Å². The zero-order chi connectivity index (χ0) is 10.1. The summed E-state index contributed by atoms with van der Waals surface area (Å²) in [6.07, 6.45) is 0. The van der Waals surface area contributed by atoms with E-state index in [4.69, 9.17) is 0 Å². The first kappa shape index (κ1) is 8.42. The normalized spacial score (nSPS) is 18.4. The van der Waals surface area contributed by atoms with Crippen molar-refractivity contribution < 1.29 is 0 Å². The molecule has 0 fully saturated rings. The Morgan fingerprint density at radius 1 is 0.733 bits per heavy atom. The SMILES string of the molecule is c1ccc(C2=N[C@@H]2c2ccccc2)cc1. The second-order valence-corrected chi connectivity index (χ2v) is 3.69. The minimum absolute atomic E-state index is 0.300. The topological polar surface area (TPSA) is 12.4 Å². The minimum atomic E-state index is 0.300. The first-order chi connectivity index (χ1) is 7.45. The Morgan fingerprint density at radius 2 is 1.33 bits per heavy atom. The van der Waals surface area contributed by atoms with Crippen molar-refractivity contribution in [3.63, 3.8) is 0 Å². The van der Waals surface area contributed by atoms with Crippen molar-refractivity contribution in [1.82, 2.24) is 0 Å². The average molecular weight is 193 g/mol. The Bertz CT molecular complexity index is 485. The molecule has 1 heteroatoms. The smallest absolute Gasteiger partial charge is 0.118 e. The number of aliphatic imine (C=N–C) groups is 1. The number of hydrogen-bond acceptors (Lipinski definition) is 1. The molecule has 0 unspecified atom stereocenters. The van der Waals surface area contributed by atoms with Crippen LogP contribution in [0.2, 0.25) is 0 Å². The number of benzene rings is 2. The molecule has 2 aromatic rings. The van der Waals surface area contributed by atoms with Gasteiger partial charge in [-0.15, -0.1) is 0 Å². The lowest BCUT2D eigenvalue weighted by Crippen LogP contribution is -1.92. The summed E-state index contributed by atoms with van der Waals surface area (Å²) in [5.74, 6) is 0. The van der Waals surface area contributed by atoms with Gasteiger partial charge in [0.05, 0.1) is 5.71 Å². The Kier molecular flexibility index (Phi) is 1.88. The van der Waals surface area contributed by atoms with E-state index in [0.29, 0.717) is 6.04 Å². The van der Waals surface area contributed by atoms with E-state index in [-0.39, 0.29) is 0 Å². The quantitative estimate of drug-likeness (QED) is 0.694. The van der Waals surface area contributed by atoms with Crippen LogP contribution in [-0.4, -0.2) is 5.71 Å². The molecule has 0 aliphatic carbocycles. The van der Waals surface area contributed by atoms with E-state index in [2.05, 4.69) is 53.5 Å². The third kappa shape index (κ3) is 1.57. The van der Waals surface area contributed by atoms with Gasteiger partial charge in [0.15, 0.2) is 0 Å². The van der Waals surface area contributed by atoms with Gasteiger partial charge >= 0.3 is 0 Å². The van der Waals surface area contributed by atoms with Crippen LogP contribution in [0.15, 0.2) is 65.7 Å². The van der Waals surface area contributed by atoms with Crippen molar-refractivity contribution in [2.75, 3.05) is 0 Å². The molecule has 1 aliphatic heterocycles. The van der Waals surface area contributed by atoms with E-state index in [1.165, 1.54) is 16.8 Å². The van der Waals surface area contributed by atoms with Gasteiger partial charge in [-0.2, -0.15) is 0 Å². The van der Waals surface area contributed by atoms with E-state index < -0.39 is 0 Å². The van der Waals surface area contributed by atoms with E-state index in [9.17, 15) is 0 Å². The number of nitrogens with zero attached hydrogens (tertiary/aromatic N) is 1. The van der Waals surface area contributed by atoms with Crippen molar-refractivity contribution in [2.45, 2.75) is 6.04 Å². The highest BCUT2D eigenvalue weighted by atomic mass is 15.0. The van der Waals surface area contributed by atoms with Crippen LogP contribution in [0.4, 0.5) is 0 Å². The Balaban J connectivity index is 1.83. The monoisotopic (exact) mass is 193 g/mol. The van der Waals surface area contributed by atoms with Gasteiger partial charge in [0, 0.05) is 0 Å². The predicted octanol–water partition coefficient (Wildman–Crippen LogP) is 3.23. The van der Waals surface area contributed by atoms with Crippen molar-refractivity contribution in [1.29, 1.82) is 0 Å². The number of rotatable bonds is 2. The first-order valence-electron chi connectivity index (χ1n) is 5.13. The van der Waals surface area contributed by atoms with Gasteiger partial charge in [0.2, 0.25) is 0 Å². The number of hydrogen-bond donors (Lipinski definition) is 0. The molecule has 1 heterocycles. The molecule has 15 heavy (non-hydrogen) atoms. The molecule has 0 spiro atoms. The fourth-order valence-corrected chi connectivity index (χ4v) is 1.81. The maximum Gasteiger partial charge on any atom is 0.118 e. The van der Waals surface area contributed by atoms with Gasteiger partial charge in [-0.3, -0.25) is 4.99 Å². The van der Waals surface area contributed by atoms with Gasteiger partial charge < -0.3 is 0 Å². The highest BCUT2D eigenvalue weighted by molar-refractivity contribution is 6.13. The van der Waals surface area contributed by atoms with Crippen LogP contribution in [0, 0.1) is 0 Å². The van der Waals surface area contributed by atoms with Gasteiger partial charge in [0.25, 0.3) is 0 Å². The molecule has 1 nitrogen and oxygen atoms in total. The van der Waals surface area contributed by atoms with Crippen LogP contribution < -0.4 is 0 Å². The zero-order valence-corrected chi connectivity index (χ0v) is 8.30. The highest BCUT2D eigenvalue weighted by Gasteiger charge is 2.29. The summed E-state index contributed by atoms with van der Waals surface area (Å²) in [6.45, 7) is 0. The van der Waals surface area contributed by atoms with E-state index >= 15 is 0 Å². The molecule has 0 bridgehead atoms. The molecule has 3 rings (SSSR count). The molecule has 0 saturated heterocycles. The van der Waals surface area contributed by atoms with Gasteiger partial charge in [-0.05, 0) is 11.1 Å². The predicted molar refractivity (Wildman–Crippen MR) is 62.2 cm³/mol. The molecule has 72 valence electrons. The first-order valence-corrected chi connectivity index (χ1v) is 5.13. The fraction of sp³-hybridized carbons (Fsp3) is 0.0714. The Morgan fingerprint density at radius 3 is 2.00 bits per heavy atom. The molecule has 0 amide bonds. The fourth-order valence-electron chi connectivity index (χ4n) is 1.81. The van der Waals surface area contributed by atoms with Crippen molar-refractivity contribution in [3.8, 4) is 0 Å².